The summed E-state index contributed by atoms with van der Waals surface area (Å²) in [6.07, 6.45) is 0. The number of carboxylic acids is 1. The van der Waals surface area contributed by atoms with Gasteiger partial charge in [-0.1, -0.05) is 0 Å². The molecule has 1 amide bonds. The molecule has 5 heteroatoms. The Bertz CT molecular complexity index is 355. The summed E-state index contributed by atoms with van der Waals surface area (Å²) in [6, 6.07) is 2.83. The Morgan fingerprint density at radius 1 is 1.36 bits per heavy atom. The van der Waals surface area contributed by atoms with Crippen molar-refractivity contribution in [3.8, 4) is 0 Å². The van der Waals surface area contributed by atoms with Gasteiger partial charge < -0.3 is 15.4 Å². The number of carbonyl (C=O) groups is 2. The van der Waals surface area contributed by atoms with Gasteiger partial charge in [0.25, 0.3) is 5.91 Å². The summed E-state index contributed by atoms with van der Waals surface area (Å²) in [5.74, 6) is -1.37. The molecule has 0 radical (unpaired) electrons. The average molecular weight is 196 g/mol. The van der Waals surface area contributed by atoms with Crippen LogP contribution in [-0.4, -0.2) is 28.0 Å². The van der Waals surface area contributed by atoms with Crippen molar-refractivity contribution in [1.82, 2.24) is 10.3 Å². The first-order valence-corrected chi connectivity index (χ1v) is 4.24. The maximum Gasteiger partial charge on any atom is 0.352 e. The van der Waals surface area contributed by atoms with Gasteiger partial charge in [0, 0.05) is 6.04 Å². The van der Waals surface area contributed by atoms with Crippen LogP contribution in [0.4, 0.5) is 0 Å². The summed E-state index contributed by atoms with van der Waals surface area (Å²) < 4.78 is 0. The molecule has 0 aliphatic carbocycles. The van der Waals surface area contributed by atoms with E-state index >= 15 is 0 Å². The molecular weight excluding hydrogens is 184 g/mol. The number of aromatic amines is 1. The first kappa shape index (κ1) is 10.3. The Morgan fingerprint density at radius 3 is 2.36 bits per heavy atom. The smallest absolute Gasteiger partial charge is 0.352 e. The minimum atomic E-state index is -1.08. The number of amides is 1. The van der Waals surface area contributed by atoms with Gasteiger partial charge in [0.15, 0.2) is 0 Å². The largest absolute Gasteiger partial charge is 0.477 e. The molecule has 1 aromatic rings. The molecule has 0 aliphatic heterocycles. The topological polar surface area (TPSA) is 82.2 Å². The van der Waals surface area contributed by atoms with E-state index < -0.39 is 5.97 Å². The Hall–Kier alpha value is -1.78. The molecular formula is C9H12N2O3. The van der Waals surface area contributed by atoms with Crippen LogP contribution in [0.2, 0.25) is 0 Å². The first-order chi connectivity index (χ1) is 6.50. The summed E-state index contributed by atoms with van der Waals surface area (Å²) in [6.45, 7) is 3.66. The van der Waals surface area contributed by atoms with Gasteiger partial charge in [0.05, 0.1) is 0 Å². The van der Waals surface area contributed by atoms with Crippen molar-refractivity contribution in [1.29, 1.82) is 0 Å². The second kappa shape index (κ2) is 3.95. The standard InChI is InChI=1S/C9H12N2O3/c1-5(2)10-8(12)6-3-4-7(11-6)9(13)14/h3-5,11H,1-2H3,(H,10,12)(H,13,14). The number of H-pyrrole nitrogens is 1. The van der Waals surface area contributed by atoms with Crippen molar-refractivity contribution in [2.24, 2.45) is 0 Å². The van der Waals surface area contributed by atoms with E-state index in [1.165, 1.54) is 12.1 Å². The van der Waals surface area contributed by atoms with Gasteiger partial charge in [-0.05, 0) is 26.0 Å². The number of aromatic carboxylic acids is 1. The number of carbonyl (C=O) groups excluding carboxylic acids is 1. The molecule has 0 bridgehead atoms. The second-order valence-corrected chi connectivity index (χ2v) is 3.22. The van der Waals surface area contributed by atoms with Gasteiger partial charge in [-0.25, -0.2) is 4.79 Å². The minimum absolute atomic E-state index is 0.0129. The van der Waals surface area contributed by atoms with Crippen LogP contribution < -0.4 is 5.32 Å². The third-order valence-corrected chi connectivity index (χ3v) is 1.58. The zero-order chi connectivity index (χ0) is 10.7. The lowest BCUT2D eigenvalue weighted by molar-refractivity contribution is 0.0691. The van der Waals surface area contributed by atoms with Crippen LogP contribution in [-0.2, 0) is 0 Å². The average Bonchev–Trinajstić information content (AvgIpc) is 2.50. The van der Waals surface area contributed by atoms with Crippen molar-refractivity contribution in [3.05, 3.63) is 23.5 Å². The monoisotopic (exact) mass is 196 g/mol. The van der Waals surface area contributed by atoms with Crippen LogP contribution in [0.1, 0.15) is 34.8 Å². The molecule has 0 unspecified atom stereocenters. The molecule has 0 aliphatic rings. The first-order valence-electron chi connectivity index (χ1n) is 4.24. The van der Waals surface area contributed by atoms with E-state index in [0.29, 0.717) is 0 Å². The third-order valence-electron chi connectivity index (χ3n) is 1.58. The Kier molecular flexibility index (Phi) is 2.91. The molecule has 5 nitrogen and oxygen atoms in total. The number of hydrogen-bond acceptors (Lipinski definition) is 2. The Morgan fingerprint density at radius 2 is 1.93 bits per heavy atom. The highest BCUT2D eigenvalue weighted by atomic mass is 16.4. The zero-order valence-corrected chi connectivity index (χ0v) is 8.00. The van der Waals surface area contributed by atoms with Crippen LogP contribution in [0, 0.1) is 0 Å². The molecule has 3 N–H and O–H groups in total. The molecule has 1 rings (SSSR count). The van der Waals surface area contributed by atoms with Gasteiger partial charge in [0.1, 0.15) is 11.4 Å². The predicted molar refractivity (Wildman–Crippen MR) is 50.4 cm³/mol. The molecule has 0 saturated carbocycles. The van der Waals surface area contributed by atoms with Crippen molar-refractivity contribution < 1.29 is 14.7 Å². The molecule has 0 spiro atoms. The fourth-order valence-electron chi connectivity index (χ4n) is 0.992. The minimum Gasteiger partial charge on any atom is -0.477 e. The van der Waals surface area contributed by atoms with Crippen LogP contribution in [0.25, 0.3) is 0 Å². The molecule has 14 heavy (non-hydrogen) atoms. The van der Waals surface area contributed by atoms with Gasteiger partial charge >= 0.3 is 5.97 Å². The SMILES string of the molecule is CC(C)NC(=O)c1ccc(C(=O)O)[nH]1. The fourth-order valence-corrected chi connectivity index (χ4v) is 0.992. The second-order valence-electron chi connectivity index (χ2n) is 3.22. The van der Waals surface area contributed by atoms with E-state index in [2.05, 4.69) is 10.3 Å². The Labute approximate surface area is 81.1 Å². The third kappa shape index (κ3) is 2.35. The summed E-state index contributed by atoms with van der Waals surface area (Å²) >= 11 is 0. The molecule has 0 saturated heterocycles. The van der Waals surface area contributed by atoms with Crippen LogP contribution in [0.15, 0.2) is 12.1 Å². The maximum absolute atomic E-state index is 11.4. The molecule has 0 atom stereocenters. The van der Waals surface area contributed by atoms with Crippen LogP contribution in [0.3, 0.4) is 0 Å². The van der Waals surface area contributed by atoms with Crippen molar-refractivity contribution in [3.63, 3.8) is 0 Å². The van der Waals surface area contributed by atoms with Crippen molar-refractivity contribution >= 4 is 11.9 Å². The van der Waals surface area contributed by atoms with E-state index in [1.54, 1.807) is 0 Å². The quantitative estimate of drug-likeness (QED) is 0.670. The number of nitrogens with one attached hydrogen (secondary N) is 2. The highest BCUT2D eigenvalue weighted by molar-refractivity contribution is 5.95. The summed E-state index contributed by atoms with van der Waals surface area (Å²) in [7, 11) is 0. The van der Waals surface area contributed by atoms with E-state index in [0.717, 1.165) is 0 Å². The molecule has 1 aromatic heterocycles. The Balaban J connectivity index is 2.76. The van der Waals surface area contributed by atoms with E-state index in [4.69, 9.17) is 5.11 Å². The molecule has 1 heterocycles. The summed E-state index contributed by atoms with van der Waals surface area (Å²) in [5.41, 5.74) is 0.273. The highest BCUT2D eigenvalue weighted by Gasteiger charge is 2.11. The summed E-state index contributed by atoms with van der Waals surface area (Å²) in [4.78, 5) is 24.4. The van der Waals surface area contributed by atoms with E-state index in [1.807, 2.05) is 13.8 Å². The predicted octanol–water partition coefficient (Wildman–Crippen LogP) is 0.851. The molecule has 0 fully saturated rings. The number of carboxylic acid groups (broad SMARTS) is 1. The van der Waals surface area contributed by atoms with Crippen molar-refractivity contribution in [2.45, 2.75) is 19.9 Å². The van der Waals surface area contributed by atoms with Crippen LogP contribution >= 0.6 is 0 Å². The van der Waals surface area contributed by atoms with Gasteiger partial charge in [-0.3, -0.25) is 4.79 Å². The van der Waals surface area contributed by atoms with E-state index in [9.17, 15) is 9.59 Å². The number of rotatable bonds is 3. The van der Waals surface area contributed by atoms with Gasteiger partial charge in [0.2, 0.25) is 0 Å². The highest BCUT2D eigenvalue weighted by Crippen LogP contribution is 2.01. The fraction of sp³-hybridized carbons (Fsp3) is 0.333. The molecule has 76 valence electrons. The normalized spacial score (nSPS) is 10.2. The number of hydrogen-bond donors (Lipinski definition) is 3. The number of aromatic nitrogens is 1. The van der Waals surface area contributed by atoms with Crippen LogP contribution in [0.5, 0.6) is 0 Å². The van der Waals surface area contributed by atoms with Gasteiger partial charge in [-0.15, -0.1) is 0 Å². The maximum atomic E-state index is 11.4. The lowest BCUT2D eigenvalue weighted by Gasteiger charge is -2.05. The summed E-state index contributed by atoms with van der Waals surface area (Å²) in [5, 5.41) is 11.2. The molecule has 0 aromatic carbocycles. The van der Waals surface area contributed by atoms with E-state index in [-0.39, 0.29) is 23.3 Å². The van der Waals surface area contributed by atoms with Gasteiger partial charge in [-0.2, -0.15) is 0 Å². The lowest BCUT2D eigenvalue weighted by Crippen LogP contribution is -2.30. The lowest BCUT2D eigenvalue weighted by atomic mass is 10.3. The van der Waals surface area contributed by atoms with Crippen molar-refractivity contribution in [2.75, 3.05) is 0 Å². The zero-order valence-electron chi connectivity index (χ0n) is 8.00.